The fourth-order valence-electron chi connectivity index (χ4n) is 3.11. The smallest absolute Gasteiger partial charge is 0.329 e. The van der Waals surface area contributed by atoms with Gasteiger partial charge >= 0.3 is 6.18 Å². The second-order valence-corrected chi connectivity index (χ2v) is 7.59. The summed E-state index contributed by atoms with van der Waals surface area (Å²) in [5.74, 6) is 0. The molecule has 166 valence electrons. The van der Waals surface area contributed by atoms with Gasteiger partial charge in [-0.25, -0.2) is 0 Å². The molecule has 0 radical (unpaired) electrons. The summed E-state index contributed by atoms with van der Waals surface area (Å²) in [7, 11) is 0. The monoisotopic (exact) mass is 455 g/mol. The Labute approximate surface area is 190 Å². The first-order valence-corrected chi connectivity index (χ1v) is 10.5. The van der Waals surface area contributed by atoms with Crippen LogP contribution in [0.4, 0.5) is 13.2 Å². The molecule has 0 aliphatic heterocycles. The SMILES string of the molecule is NCCNCc1ccc(-c2ccc(C(F)(F)F)cc2)cc1.Sc1cccc2cnccc12. The van der Waals surface area contributed by atoms with Gasteiger partial charge in [0.05, 0.1) is 5.56 Å². The van der Waals surface area contributed by atoms with Crippen LogP contribution in [0.3, 0.4) is 0 Å². The summed E-state index contributed by atoms with van der Waals surface area (Å²) in [5, 5.41) is 5.48. The standard InChI is InChI=1S/C16H17F3N2.C9H7NS/c17-16(18,19)15-7-5-14(6-8-15)13-3-1-12(2-4-13)11-21-10-9-20;11-9-3-1-2-7-6-10-5-4-8(7)9/h1-8,21H,9-11,20H2;1-6,11H. The molecular weight excluding hydrogens is 431 g/mol. The molecule has 0 spiro atoms. The summed E-state index contributed by atoms with van der Waals surface area (Å²) in [6.07, 6.45) is -0.672. The predicted octanol–water partition coefficient (Wildman–Crippen LogP) is 5.94. The lowest BCUT2D eigenvalue weighted by atomic mass is 10.0. The molecule has 0 aliphatic rings. The molecule has 4 rings (SSSR count). The molecule has 0 amide bonds. The molecule has 0 unspecified atom stereocenters. The minimum absolute atomic E-state index is 0.587. The molecular formula is C25H24F3N3S. The number of halogens is 3. The van der Waals surface area contributed by atoms with E-state index < -0.39 is 11.7 Å². The summed E-state index contributed by atoms with van der Waals surface area (Å²) in [5.41, 5.74) is 7.54. The first kappa shape index (κ1) is 23.8. The second-order valence-electron chi connectivity index (χ2n) is 7.11. The van der Waals surface area contributed by atoms with Gasteiger partial charge in [0.25, 0.3) is 0 Å². The van der Waals surface area contributed by atoms with Crippen molar-refractivity contribution in [2.45, 2.75) is 17.6 Å². The topological polar surface area (TPSA) is 50.9 Å². The van der Waals surface area contributed by atoms with Crippen LogP contribution in [0.15, 0.2) is 90.1 Å². The Hall–Kier alpha value is -2.87. The van der Waals surface area contributed by atoms with Crippen LogP contribution >= 0.6 is 12.6 Å². The molecule has 32 heavy (non-hydrogen) atoms. The number of benzene rings is 3. The van der Waals surface area contributed by atoms with Gasteiger partial charge in [-0.05, 0) is 46.3 Å². The van der Waals surface area contributed by atoms with Gasteiger partial charge in [-0.15, -0.1) is 12.6 Å². The van der Waals surface area contributed by atoms with Crippen LogP contribution in [0.5, 0.6) is 0 Å². The zero-order chi connectivity index (χ0) is 23.0. The van der Waals surface area contributed by atoms with Crippen molar-refractivity contribution in [3.63, 3.8) is 0 Å². The molecule has 4 aromatic rings. The normalized spacial score (nSPS) is 11.2. The van der Waals surface area contributed by atoms with Gasteiger partial charge in [0.1, 0.15) is 0 Å². The average Bonchev–Trinajstić information content (AvgIpc) is 2.80. The number of pyridine rings is 1. The van der Waals surface area contributed by atoms with Gasteiger partial charge < -0.3 is 11.1 Å². The van der Waals surface area contributed by atoms with E-state index in [4.69, 9.17) is 5.73 Å². The van der Waals surface area contributed by atoms with Gasteiger partial charge in [-0.1, -0.05) is 48.5 Å². The highest BCUT2D eigenvalue weighted by Gasteiger charge is 2.29. The molecule has 0 saturated carbocycles. The highest BCUT2D eigenvalue weighted by Crippen LogP contribution is 2.31. The van der Waals surface area contributed by atoms with E-state index >= 15 is 0 Å². The maximum absolute atomic E-state index is 12.5. The summed E-state index contributed by atoms with van der Waals surface area (Å²) >= 11 is 4.32. The van der Waals surface area contributed by atoms with Crippen molar-refractivity contribution in [3.8, 4) is 11.1 Å². The van der Waals surface area contributed by atoms with Crippen LogP contribution in [-0.4, -0.2) is 18.1 Å². The minimum Gasteiger partial charge on any atom is -0.329 e. The number of hydrogen-bond donors (Lipinski definition) is 3. The number of thiol groups is 1. The van der Waals surface area contributed by atoms with E-state index in [9.17, 15) is 13.2 Å². The van der Waals surface area contributed by atoms with Gasteiger partial charge in [-0.3, -0.25) is 4.98 Å². The highest BCUT2D eigenvalue weighted by atomic mass is 32.1. The minimum atomic E-state index is -4.29. The van der Waals surface area contributed by atoms with Crippen molar-refractivity contribution < 1.29 is 13.2 Å². The van der Waals surface area contributed by atoms with Crippen molar-refractivity contribution in [2.24, 2.45) is 5.73 Å². The molecule has 3 N–H and O–H groups in total. The van der Waals surface area contributed by atoms with Gasteiger partial charge in [0.15, 0.2) is 0 Å². The van der Waals surface area contributed by atoms with E-state index in [1.165, 1.54) is 12.1 Å². The van der Waals surface area contributed by atoms with E-state index in [1.54, 1.807) is 6.20 Å². The number of alkyl halides is 3. The van der Waals surface area contributed by atoms with Crippen molar-refractivity contribution >= 4 is 23.4 Å². The van der Waals surface area contributed by atoms with Crippen LogP contribution in [0.25, 0.3) is 21.9 Å². The first-order valence-electron chi connectivity index (χ1n) is 10.1. The Balaban J connectivity index is 0.000000219. The largest absolute Gasteiger partial charge is 0.416 e. The fraction of sp³-hybridized carbons (Fsp3) is 0.160. The van der Waals surface area contributed by atoms with Crippen molar-refractivity contribution in [1.29, 1.82) is 0 Å². The van der Waals surface area contributed by atoms with E-state index in [0.29, 0.717) is 6.54 Å². The molecule has 3 nitrogen and oxygen atoms in total. The Morgan fingerprint density at radius 2 is 1.53 bits per heavy atom. The Bertz CT molecular complexity index is 1120. The Kier molecular flexibility index (Phi) is 8.27. The maximum Gasteiger partial charge on any atom is 0.416 e. The number of nitrogens with zero attached hydrogens (tertiary/aromatic N) is 1. The number of hydrogen-bond acceptors (Lipinski definition) is 4. The lowest BCUT2D eigenvalue weighted by Gasteiger charge is -2.08. The summed E-state index contributed by atoms with van der Waals surface area (Å²) in [6, 6.07) is 20.9. The molecule has 0 aliphatic carbocycles. The van der Waals surface area contributed by atoms with Crippen LogP contribution in [-0.2, 0) is 12.7 Å². The van der Waals surface area contributed by atoms with Crippen molar-refractivity contribution in [2.75, 3.05) is 13.1 Å². The summed E-state index contributed by atoms with van der Waals surface area (Å²) in [6.45, 7) is 2.06. The lowest BCUT2D eigenvalue weighted by Crippen LogP contribution is -2.21. The molecule has 3 aromatic carbocycles. The highest BCUT2D eigenvalue weighted by molar-refractivity contribution is 7.80. The number of rotatable bonds is 5. The van der Waals surface area contributed by atoms with Gasteiger partial charge in [0.2, 0.25) is 0 Å². The van der Waals surface area contributed by atoms with Crippen molar-refractivity contribution in [3.05, 3.63) is 96.3 Å². The zero-order valence-corrected chi connectivity index (χ0v) is 18.2. The molecule has 0 fully saturated rings. The number of nitrogens with two attached hydrogens (primary N) is 1. The quantitative estimate of drug-likeness (QED) is 0.258. The molecule has 0 bridgehead atoms. The van der Waals surface area contributed by atoms with E-state index in [1.807, 2.05) is 54.7 Å². The maximum atomic E-state index is 12.5. The lowest BCUT2D eigenvalue weighted by molar-refractivity contribution is -0.137. The first-order chi connectivity index (χ1) is 15.4. The molecule has 1 heterocycles. The third-order valence-corrected chi connectivity index (χ3v) is 5.20. The van der Waals surface area contributed by atoms with Crippen LogP contribution < -0.4 is 11.1 Å². The van der Waals surface area contributed by atoms with E-state index in [0.717, 1.165) is 57.6 Å². The van der Waals surface area contributed by atoms with Crippen LogP contribution in [0.1, 0.15) is 11.1 Å². The Morgan fingerprint density at radius 1 is 0.875 bits per heavy atom. The molecule has 1 aromatic heterocycles. The van der Waals surface area contributed by atoms with Crippen molar-refractivity contribution in [1.82, 2.24) is 10.3 Å². The third kappa shape index (κ3) is 6.56. The van der Waals surface area contributed by atoms with E-state index in [2.05, 4.69) is 22.9 Å². The third-order valence-electron chi connectivity index (χ3n) is 4.81. The average molecular weight is 456 g/mol. The number of fused-ring (bicyclic) bond motifs is 1. The molecule has 0 saturated heterocycles. The number of nitrogens with one attached hydrogen (secondary N) is 1. The molecule has 7 heteroatoms. The predicted molar refractivity (Wildman–Crippen MR) is 127 cm³/mol. The Morgan fingerprint density at radius 3 is 2.12 bits per heavy atom. The van der Waals surface area contributed by atoms with Crippen LogP contribution in [0.2, 0.25) is 0 Å². The second kappa shape index (κ2) is 11.1. The van der Waals surface area contributed by atoms with Crippen LogP contribution in [0, 0.1) is 0 Å². The van der Waals surface area contributed by atoms with Gasteiger partial charge in [-0.2, -0.15) is 13.2 Å². The summed E-state index contributed by atoms with van der Waals surface area (Å²) in [4.78, 5) is 5.02. The van der Waals surface area contributed by atoms with Gasteiger partial charge in [0, 0.05) is 42.3 Å². The fourth-order valence-corrected chi connectivity index (χ4v) is 3.40. The summed E-state index contributed by atoms with van der Waals surface area (Å²) < 4.78 is 37.5. The number of aromatic nitrogens is 1. The molecule has 0 atom stereocenters. The zero-order valence-electron chi connectivity index (χ0n) is 17.3. The van der Waals surface area contributed by atoms with E-state index in [-0.39, 0.29) is 0 Å².